The van der Waals surface area contributed by atoms with E-state index in [0.29, 0.717) is 12.0 Å². The number of hydrogen-bond acceptors (Lipinski definition) is 9. The Morgan fingerprint density at radius 3 is 2.44 bits per heavy atom. The third-order valence-corrected chi connectivity index (χ3v) is 4.99. The minimum absolute atomic E-state index is 0.212. The van der Waals surface area contributed by atoms with Gasteiger partial charge in [-0.3, -0.25) is 0 Å². The molecule has 9 heteroatoms. The summed E-state index contributed by atoms with van der Waals surface area (Å²) >= 11 is 0. The Balaban J connectivity index is 1.51. The average Bonchev–Trinajstić information content (AvgIpc) is 2.79. The van der Waals surface area contributed by atoms with E-state index in [1.165, 1.54) is 24.3 Å². The Morgan fingerprint density at radius 2 is 1.72 bits per heavy atom. The Labute approximate surface area is 184 Å². The average molecular weight is 446 g/mol. The molecular formula is C23H26O9. The fraction of sp³-hybridized carbons (Fsp3) is 0.348. The first kappa shape index (κ1) is 23.7. The van der Waals surface area contributed by atoms with E-state index in [-0.39, 0.29) is 24.7 Å². The lowest BCUT2D eigenvalue weighted by Crippen LogP contribution is -2.59. The van der Waals surface area contributed by atoms with Gasteiger partial charge >= 0.3 is 5.97 Å². The van der Waals surface area contributed by atoms with Crippen LogP contribution in [0.2, 0.25) is 0 Å². The number of phenolic OH excluding ortho intramolecular Hbond substituents is 2. The number of hydrogen-bond donors (Lipinski definition) is 5. The van der Waals surface area contributed by atoms with Crippen molar-refractivity contribution in [2.75, 3.05) is 13.2 Å². The molecule has 1 fully saturated rings. The molecule has 0 saturated carbocycles. The van der Waals surface area contributed by atoms with Crippen LogP contribution in [0, 0.1) is 0 Å². The number of phenols is 2. The fourth-order valence-corrected chi connectivity index (χ4v) is 3.15. The second-order valence-electron chi connectivity index (χ2n) is 7.33. The summed E-state index contributed by atoms with van der Waals surface area (Å²) in [5.74, 6) is -1.37. The lowest BCUT2D eigenvalue weighted by atomic mass is 9.99. The highest BCUT2D eigenvalue weighted by Gasteiger charge is 2.44. The van der Waals surface area contributed by atoms with Crippen molar-refractivity contribution in [3.05, 3.63) is 65.7 Å². The van der Waals surface area contributed by atoms with Crippen LogP contribution in [0.25, 0.3) is 6.08 Å². The van der Waals surface area contributed by atoms with Crippen LogP contribution in [0.5, 0.6) is 11.5 Å². The molecule has 9 nitrogen and oxygen atoms in total. The minimum Gasteiger partial charge on any atom is -0.504 e. The maximum Gasteiger partial charge on any atom is 0.330 e. The van der Waals surface area contributed by atoms with Crippen molar-refractivity contribution < 1.29 is 44.5 Å². The van der Waals surface area contributed by atoms with E-state index >= 15 is 0 Å². The number of carbonyl (C=O) groups excluding carboxylic acids is 1. The Bertz CT molecular complexity index is 915. The highest BCUT2D eigenvalue weighted by Crippen LogP contribution is 2.25. The molecule has 3 rings (SSSR count). The lowest BCUT2D eigenvalue weighted by Gasteiger charge is -2.39. The van der Waals surface area contributed by atoms with Crippen molar-refractivity contribution in [1.82, 2.24) is 0 Å². The number of esters is 1. The van der Waals surface area contributed by atoms with Gasteiger partial charge in [0.25, 0.3) is 0 Å². The maximum atomic E-state index is 12.0. The molecule has 1 heterocycles. The summed E-state index contributed by atoms with van der Waals surface area (Å²) in [4.78, 5) is 12.0. The molecule has 0 bridgehead atoms. The van der Waals surface area contributed by atoms with Crippen LogP contribution in [-0.2, 0) is 25.4 Å². The second-order valence-corrected chi connectivity index (χ2v) is 7.33. The third kappa shape index (κ3) is 6.28. The van der Waals surface area contributed by atoms with Gasteiger partial charge in [-0.05, 0) is 35.8 Å². The predicted octanol–water partition coefficient (Wildman–Crippen LogP) is 0.721. The van der Waals surface area contributed by atoms with Crippen molar-refractivity contribution in [3.63, 3.8) is 0 Å². The number of benzene rings is 2. The van der Waals surface area contributed by atoms with Crippen molar-refractivity contribution in [2.45, 2.75) is 37.1 Å². The monoisotopic (exact) mass is 446 g/mol. The smallest absolute Gasteiger partial charge is 0.330 e. The molecule has 32 heavy (non-hydrogen) atoms. The topological polar surface area (TPSA) is 146 Å². The minimum atomic E-state index is -1.54. The van der Waals surface area contributed by atoms with Crippen LogP contribution in [0.1, 0.15) is 11.1 Å². The van der Waals surface area contributed by atoms with Crippen LogP contribution in [0.15, 0.2) is 54.6 Å². The summed E-state index contributed by atoms with van der Waals surface area (Å²) in [5, 5.41) is 49.2. The van der Waals surface area contributed by atoms with E-state index in [1.807, 2.05) is 30.3 Å². The number of aliphatic hydroxyl groups is 3. The first-order chi connectivity index (χ1) is 15.3. The maximum absolute atomic E-state index is 12.0. The van der Waals surface area contributed by atoms with Crippen LogP contribution in [-0.4, -0.2) is 75.4 Å². The highest BCUT2D eigenvalue weighted by atomic mass is 16.7. The Hall–Kier alpha value is -2.95. The molecule has 1 saturated heterocycles. The first-order valence-electron chi connectivity index (χ1n) is 10.1. The van der Waals surface area contributed by atoms with Crippen molar-refractivity contribution in [1.29, 1.82) is 0 Å². The van der Waals surface area contributed by atoms with Gasteiger partial charge in [0.15, 0.2) is 17.8 Å². The fourth-order valence-electron chi connectivity index (χ4n) is 3.15. The Kier molecular flexibility index (Phi) is 8.20. The molecule has 0 spiro atoms. The van der Waals surface area contributed by atoms with Crippen molar-refractivity contribution in [2.24, 2.45) is 0 Å². The van der Waals surface area contributed by atoms with Gasteiger partial charge < -0.3 is 39.7 Å². The van der Waals surface area contributed by atoms with E-state index in [0.717, 1.165) is 11.6 Å². The number of carbonyl (C=O) groups is 1. The molecule has 2 aromatic rings. The van der Waals surface area contributed by atoms with E-state index in [1.54, 1.807) is 0 Å². The van der Waals surface area contributed by atoms with Crippen molar-refractivity contribution >= 4 is 12.0 Å². The molecule has 1 aliphatic rings. The van der Waals surface area contributed by atoms with Gasteiger partial charge in [0.05, 0.1) is 6.61 Å². The molecule has 0 aliphatic carbocycles. The van der Waals surface area contributed by atoms with Gasteiger partial charge in [0.2, 0.25) is 0 Å². The summed E-state index contributed by atoms with van der Waals surface area (Å²) in [6.45, 7) is -0.170. The molecule has 172 valence electrons. The van der Waals surface area contributed by atoms with Crippen molar-refractivity contribution in [3.8, 4) is 11.5 Å². The number of aliphatic hydroxyl groups excluding tert-OH is 3. The van der Waals surface area contributed by atoms with E-state index < -0.39 is 36.7 Å². The van der Waals surface area contributed by atoms with Gasteiger partial charge in [0.1, 0.15) is 31.0 Å². The second kappa shape index (κ2) is 11.1. The SMILES string of the molecule is O=C(C=Cc1ccc(O)c(O)c1)OCC1OC(OCCc2ccccc2)C(O)C(O)C1O. The molecule has 5 N–H and O–H groups in total. The summed E-state index contributed by atoms with van der Waals surface area (Å²) in [6.07, 6.45) is -3.76. The molecule has 5 unspecified atom stereocenters. The van der Waals surface area contributed by atoms with E-state index in [2.05, 4.69) is 0 Å². The van der Waals surface area contributed by atoms with Gasteiger partial charge in [-0.15, -0.1) is 0 Å². The molecule has 0 aromatic heterocycles. The zero-order chi connectivity index (χ0) is 23.1. The van der Waals surface area contributed by atoms with Gasteiger partial charge in [-0.1, -0.05) is 36.4 Å². The molecule has 2 aromatic carbocycles. The zero-order valence-corrected chi connectivity index (χ0v) is 17.2. The quantitative estimate of drug-likeness (QED) is 0.225. The van der Waals surface area contributed by atoms with Gasteiger partial charge in [-0.2, -0.15) is 0 Å². The molecular weight excluding hydrogens is 420 g/mol. The summed E-state index contributed by atoms with van der Waals surface area (Å²) in [7, 11) is 0. The largest absolute Gasteiger partial charge is 0.504 e. The summed E-state index contributed by atoms with van der Waals surface area (Å²) in [6, 6.07) is 13.6. The van der Waals surface area contributed by atoms with Crippen LogP contribution in [0.4, 0.5) is 0 Å². The standard InChI is InChI=1S/C23H26O9/c24-16-8-6-15(12-17(16)25)7-9-19(26)31-13-18-20(27)21(28)22(29)23(32-18)30-11-10-14-4-2-1-3-5-14/h1-9,12,18,20-25,27-29H,10-11,13H2. The van der Waals surface area contributed by atoms with E-state index in [9.17, 15) is 30.3 Å². The van der Waals surface area contributed by atoms with E-state index in [4.69, 9.17) is 14.2 Å². The number of ether oxygens (including phenoxy) is 3. The highest BCUT2D eigenvalue weighted by molar-refractivity contribution is 5.87. The Morgan fingerprint density at radius 1 is 0.969 bits per heavy atom. The van der Waals surface area contributed by atoms with Gasteiger partial charge in [0, 0.05) is 6.08 Å². The predicted molar refractivity (Wildman–Crippen MR) is 113 cm³/mol. The van der Waals surface area contributed by atoms with Crippen LogP contribution < -0.4 is 0 Å². The number of rotatable bonds is 8. The molecule has 0 amide bonds. The third-order valence-electron chi connectivity index (χ3n) is 4.99. The molecule has 5 atom stereocenters. The summed E-state index contributed by atoms with van der Waals surface area (Å²) < 4.78 is 16.1. The van der Waals surface area contributed by atoms with Gasteiger partial charge in [-0.25, -0.2) is 4.79 Å². The molecule has 1 aliphatic heterocycles. The molecule has 0 radical (unpaired) electrons. The summed E-state index contributed by atoms with van der Waals surface area (Å²) in [5.41, 5.74) is 1.48. The van der Waals surface area contributed by atoms with Crippen LogP contribution in [0.3, 0.4) is 0 Å². The van der Waals surface area contributed by atoms with Crippen LogP contribution >= 0.6 is 0 Å². The first-order valence-corrected chi connectivity index (χ1v) is 10.1. The lowest BCUT2D eigenvalue weighted by molar-refractivity contribution is -0.301. The zero-order valence-electron chi connectivity index (χ0n) is 17.2. The normalized spacial score (nSPS) is 25.7. The number of aromatic hydroxyl groups is 2.